The summed E-state index contributed by atoms with van der Waals surface area (Å²) in [6.07, 6.45) is -11.1. The van der Waals surface area contributed by atoms with E-state index in [1.54, 1.807) is 19.2 Å². The third kappa shape index (κ3) is 14.7. The second-order valence-electron chi connectivity index (χ2n) is 9.76. The first-order valence-corrected chi connectivity index (χ1v) is 13.3. The highest BCUT2D eigenvalue weighted by molar-refractivity contribution is 5.86. The number of carboxylic acid groups (broad SMARTS) is 3. The maximum atomic E-state index is 13.4. The van der Waals surface area contributed by atoms with Crippen molar-refractivity contribution in [2.24, 2.45) is 5.73 Å². The van der Waals surface area contributed by atoms with Crippen LogP contribution in [0.15, 0.2) is 54.9 Å². The molecule has 11 nitrogen and oxygen atoms in total. The van der Waals surface area contributed by atoms with Crippen molar-refractivity contribution in [1.29, 1.82) is 0 Å². The van der Waals surface area contributed by atoms with Crippen LogP contribution in [0.3, 0.4) is 0 Å². The molecule has 274 valence electrons. The summed E-state index contributed by atoms with van der Waals surface area (Å²) in [4.78, 5) is 31.0. The summed E-state index contributed by atoms with van der Waals surface area (Å²) in [6.45, 7) is 4.10. The van der Waals surface area contributed by atoms with Gasteiger partial charge in [-0.15, -0.1) is 0 Å². The lowest BCUT2D eigenvalue weighted by Crippen LogP contribution is -2.30. The van der Waals surface area contributed by atoms with Crippen molar-refractivity contribution in [3.63, 3.8) is 0 Å². The quantitative estimate of drug-likeness (QED) is 0.142. The van der Waals surface area contributed by atoms with E-state index in [-0.39, 0.29) is 11.9 Å². The zero-order valence-corrected chi connectivity index (χ0v) is 25.4. The third-order valence-electron chi connectivity index (χ3n) is 5.70. The number of nitrogens with zero attached hydrogens (tertiary/aromatic N) is 2. The number of carbonyl (C=O) groups is 3. The van der Waals surface area contributed by atoms with Crippen LogP contribution in [0.1, 0.15) is 16.8 Å². The number of aryl methyl sites for hydroxylation is 2. The Labute approximate surface area is 274 Å². The van der Waals surface area contributed by atoms with Crippen LogP contribution in [0.4, 0.5) is 43.9 Å². The van der Waals surface area contributed by atoms with Crippen molar-refractivity contribution < 1.29 is 78.3 Å². The molecule has 0 saturated heterocycles. The van der Waals surface area contributed by atoms with Crippen molar-refractivity contribution in [3.8, 4) is 16.9 Å². The molecule has 21 heteroatoms. The molecule has 2 heterocycles. The lowest BCUT2D eigenvalue weighted by Gasteiger charge is -2.14. The van der Waals surface area contributed by atoms with Gasteiger partial charge in [0.2, 0.25) is 0 Å². The molecule has 0 spiro atoms. The summed E-state index contributed by atoms with van der Waals surface area (Å²) in [6, 6.07) is 12.9. The molecular weight excluding hydrogens is 706 g/mol. The SMILES string of the molecule is Cc1cc(C[C@H](N)COc2cncc(-c3ccc4n[nH]c(C)c4c3)c2)ccc1F.O=C(O)C(F)(F)F.O=C(O)C(F)(F)F.O=C(O)C(F)(F)F. The number of aromatic amines is 1. The molecule has 0 fully saturated rings. The number of carboxylic acids is 3. The van der Waals surface area contributed by atoms with Crippen molar-refractivity contribution >= 4 is 28.8 Å². The van der Waals surface area contributed by atoms with Gasteiger partial charge < -0.3 is 25.8 Å². The van der Waals surface area contributed by atoms with Gasteiger partial charge >= 0.3 is 36.4 Å². The monoisotopic (exact) mass is 732 g/mol. The number of pyridine rings is 1. The first-order valence-electron chi connectivity index (χ1n) is 13.3. The van der Waals surface area contributed by atoms with Crippen molar-refractivity contribution in [1.82, 2.24) is 15.2 Å². The minimum Gasteiger partial charge on any atom is -0.490 e. The highest BCUT2D eigenvalue weighted by Gasteiger charge is 2.39. The Morgan fingerprint density at radius 1 is 0.800 bits per heavy atom. The predicted molar refractivity (Wildman–Crippen MR) is 153 cm³/mol. The van der Waals surface area contributed by atoms with Gasteiger partial charge in [-0.2, -0.15) is 44.6 Å². The fourth-order valence-corrected chi connectivity index (χ4v) is 3.37. The zero-order chi connectivity index (χ0) is 38.6. The first-order chi connectivity index (χ1) is 22.8. The summed E-state index contributed by atoms with van der Waals surface area (Å²) < 4.78 is 114. The van der Waals surface area contributed by atoms with E-state index in [0.29, 0.717) is 24.3 Å². The maximum Gasteiger partial charge on any atom is 0.490 e. The predicted octanol–water partition coefficient (Wildman–Crippen LogP) is 6.23. The summed E-state index contributed by atoms with van der Waals surface area (Å²) in [7, 11) is 0. The number of aromatic nitrogens is 3. The van der Waals surface area contributed by atoms with Gasteiger partial charge in [-0.3, -0.25) is 10.1 Å². The Morgan fingerprint density at radius 2 is 1.32 bits per heavy atom. The standard InChI is InChI=1S/C23H23FN4O.3C2HF3O2/c1-14-7-16(3-5-22(14)24)8-19(25)13-29-20-9-18(11-26-12-20)17-4-6-23-21(10-17)15(2)27-28-23;3*3-2(4,5)1(6)7/h3-7,9-12,19H,8,13,25H2,1-2H3,(H,27,28);3*(H,6,7)/t19-;;;/m0.../s1. The van der Waals surface area contributed by atoms with Gasteiger partial charge in [-0.25, -0.2) is 18.8 Å². The molecule has 0 unspecified atom stereocenters. The molecule has 6 N–H and O–H groups in total. The summed E-state index contributed by atoms with van der Waals surface area (Å²) in [5, 5.41) is 29.7. The lowest BCUT2D eigenvalue weighted by molar-refractivity contribution is -0.193. The van der Waals surface area contributed by atoms with E-state index in [1.807, 2.05) is 37.4 Å². The van der Waals surface area contributed by atoms with Crippen molar-refractivity contribution in [2.45, 2.75) is 44.8 Å². The van der Waals surface area contributed by atoms with Gasteiger partial charge in [0.05, 0.1) is 11.7 Å². The Hall–Kier alpha value is -5.47. The highest BCUT2D eigenvalue weighted by atomic mass is 19.4. The van der Waals surface area contributed by atoms with Crippen molar-refractivity contribution in [2.75, 3.05) is 6.61 Å². The van der Waals surface area contributed by atoms with E-state index in [9.17, 15) is 43.9 Å². The lowest BCUT2D eigenvalue weighted by atomic mass is 10.0. The Bertz CT molecular complexity index is 1700. The molecule has 0 amide bonds. The number of fused-ring (bicyclic) bond motifs is 1. The summed E-state index contributed by atoms with van der Waals surface area (Å²) in [5.74, 6) is -7.81. The first kappa shape index (κ1) is 42.6. The largest absolute Gasteiger partial charge is 0.490 e. The fraction of sp³-hybridized carbons (Fsp3) is 0.276. The smallest absolute Gasteiger partial charge is 0.490 e. The summed E-state index contributed by atoms with van der Waals surface area (Å²) in [5.41, 5.74) is 11.8. The van der Waals surface area contributed by atoms with Gasteiger partial charge in [-0.1, -0.05) is 18.2 Å². The number of hydrogen-bond acceptors (Lipinski definition) is 7. The number of nitrogens with two attached hydrogens (primary N) is 1. The van der Waals surface area contributed by atoms with Crippen LogP contribution in [0.2, 0.25) is 0 Å². The number of alkyl halides is 9. The molecule has 4 aromatic rings. The van der Waals surface area contributed by atoms with Gasteiger partial charge in [0.25, 0.3) is 0 Å². The second kappa shape index (κ2) is 17.8. The molecule has 2 aromatic heterocycles. The number of benzene rings is 2. The van der Waals surface area contributed by atoms with Gasteiger partial charge in [0.1, 0.15) is 18.2 Å². The topological polar surface area (TPSA) is 189 Å². The van der Waals surface area contributed by atoms with E-state index in [2.05, 4.69) is 21.2 Å². The molecule has 2 aromatic carbocycles. The molecule has 0 radical (unpaired) electrons. The Kier molecular flexibility index (Phi) is 15.1. The van der Waals surface area contributed by atoms with Gasteiger partial charge in [-0.05, 0) is 61.2 Å². The minimum absolute atomic E-state index is 0.201. The number of ether oxygens (including phenoxy) is 1. The van der Waals surface area contributed by atoms with Gasteiger partial charge in [0.15, 0.2) is 0 Å². The Morgan fingerprint density at radius 3 is 1.80 bits per heavy atom. The minimum atomic E-state index is -5.08. The Balaban J connectivity index is 0.000000486. The molecule has 0 aliphatic rings. The normalized spacial score (nSPS) is 11.9. The summed E-state index contributed by atoms with van der Waals surface area (Å²) >= 11 is 0. The zero-order valence-electron chi connectivity index (χ0n) is 25.4. The number of hydrogen-bond donors (Lipinski definition) is 5. The average Bonchev–Trinajstić information content (AvgIpc) is 3.37. The third-order valence-corrected chi connectivity index (χ3v) is 5.70. The van der Waals surface area contributed by atoms with E-state index in [0.717, 1.165) is 33.3 Å². The maximum absolute atomic E-state index is 13.4. The molecule has 0 aliphatic carbocycles. The molecule has 1 atom stereocenters. The fourth-order valence-electron chi connectivity index (χ4n) is 3.37. The molecular formula is C29H26F10N4O7. The van der Waals surface area contributed by atoms with Crippen LogP contribution in [0, 0.1) is 19.7 Å². The van der Waals surface area contributed by atoms with Gasteiger partial charge in [0, 0.05) is 28.9 Å². The van der Waals surface area contributed by atoms with Crippen LogP contribution in [-0.4, -0.2) is 79.6 Å². The number of aliphatic carboxylic acids is 3. The molecule has 4 rings (SSSR count). The van der Waals surface area contributed by atoms with E-state index in [1.165, 1.54) is 6.07 Å². The molecule has 50 heavy (non-hydrogen) atoms. The number of H-pyrrole nitrogens is 1. The van der Waals surface area contributed by atoms with Crippen LogP contribution >= 0.6 is 0 Å². The van der Waals surface area contributed by atoms with E-state index >= 15 is 0 Å². The highest BCUT2D eigenvalue weighted by Crippen LogP contribution is 2.27. The van der Waals surface area contributed by atoms with Crippen LogP contribution in [-0.2, 0) is 20.8 Å². The second-order valence-corrected chi connectivity index (χ2v) is 9.76. The number of rotatable bonds is 6. The van der Waals surface area contributed by atoms with Crippen LogP contribution in [0.5, 0.6) is 5.75 Å². The average molecular weight is 733 g/mol. The van der Waals surface area contributed by atoms with E-state index in [4.69, 9.17) is 40.2 Å². The molecule has 0 bridgehead atoms. The number of nitrogens with one attached hydrogen (secondary N) is 1. The van der Waals surface area contributed by atoms with Crippen molar-refractivity contribution in [3.05, 3.63) is 77.5 Å². The van der Waals surface area contributed by atoms with E-state index < -0.39 is 36.4 Å². The molecule has 0 saturated carbocycles. The van der Waals surface area contributed by atoms with Crippen LogP contribution < -0.4 is 10.5 Å². The molecule has 0 aliphatic heterocycles. The van der Waals surface area contributed by atoms with Crippen LogP contribution in [0.25, 0.3) is 22.0 Å². The number of halogens is 10.